The van der Waals surface area contributed by atoms with Crippen LogP contribution in [-0.2, 0) is 31.0 Å². The van der Waals surface area contributed by atoms with Crippen LogP contribution < -0.4 is 10.1 Å². The number of methoxy groups -OCH3 is 1. The smallest absolute Gasteiger partial charge is 0.328 e. The van der Waals surface area contributed by atoms with Crippen molar-refractivity contribution in [1.29, 1.82) is 0 Å². The van der Waals surface area contributed by atoms with Crippen molar-refractivity contribution in [3.63, 3.8) is 0 Å². The van der Waals surface area contributed by atoms with Gasteiger partial charge in [0.15, 0.2) is 0 Å². The molecule has 2 rings (SSSR count). The van der Waals surface area contributed by atoms with Crippen molar-refractivity contribution in [2.75, 3.05) is 21.2 Å². The first kappa shape index (κ1) is 23.2. The zero-order valence-corrected chi connectivity index (χ0v) is 17.9. The summed E-state index contributed by atoms with van der Waals surface area (Å²) in [7, 11) is 0.619. The van der Waals surface area contributed by atoms with Crippen LogP contribution in [0.2, 0.25) is 0 Å². The van der Waals surface area contributed by atoms with Gasteiger partial charge < -0.3 is 19.2 Å². The normalized spacial score (nSPS) is 12.7. The van der Waals surface area contributed by atoms with Crippen LogP contribution in [0.5, 0.6) is 5.75 Å². The highest BCUT2D eigenvalue weighted by atomic mass is 32.2. The van der Waals surface area contributed by atoms with Gasteiger partial charge in [-0.3, -0.25) is 4.79 Å². The quantitative estimate of drug-likeness (QED) is 0.471. The van der Waals surface area contributed by atoms with Gasteiger partial charge in [-0.2, -0.15) is 0 Å². The van der Waals surface area contributed by atoms with Gasteiger partial charge in [-0.25, -0.2) is 17.5 Å². The SMILES string of the molecule is COc1ccc(/C=C/C(=O)N[C@@H](C)C(=O)OCc2ccc(S(=O)(=O)N(C)C)o2)cc1. The van der Waals surface area contributed by atoms with E-state index < -0.39 is 27.9 Å². The number of carbonyl (C=O) groups excluding carboxylic acids is 2. The molecule has 0 saturated carbocycles. The maximum absolute atomic E-state index is 12.1. The minimum Gasteiger partial charge on any atom is -0.497 e. The summed E-state index contributed by atoms with van der Waals surface area (Å²) in [6.07, 6.45) is 2.90. The van der Waals surface area contributed by atoms with E-state index in [1.807, 2.05) is 0 Å². The van der Waals surface area contributed by atoms with Gasteiger partial charge in [0.05, 0.1) is 7.11 Å². The predicted molar refractivity (Wildman–Crippen MR) is 109 cm³/mol. The maximum Gasteiger partial charge on any atom is 0.328 e. The Morgan fingerprint density at radius 3 is 2.43 bits per heavy atom. The Hall–Kier alpha value is -3.11. The first-order chi connectivity index (χ1) is 14.1. The summed E-state index contributed by atoms with van der Waals surface area (Å²) in [6, 6.07) is 8.89. The number of amides is 1. The first-order valence-corrected chi connectivity index (χ1v) is 10.4. The Morgan fingerprint density at radius 2 is 1.83 bits per heavy atom. The summed E-state index contributed by atoms with van der Waals surface area (Å²) in [5.41, 5.74) is 0.794. The Balaban J connectivity index is 1.85. The molecule has 1 aromatic heterocycles. The minimum atomic E-state index is -3.71. The molecular formula is C20H24N2O7S. The first-order valence-electron chi connectivity index (χ1n) is 8.94. The molecule has 2 aromatic rings. The van der Waals surface area contributed by atoms with E-state index in [9.17, 15) is 18.0 Å². The lowest BCUT2D eigenvalue weighted by Gasteiger charge is -2.11. The Bertz CT molecular complexity index is 1010. The molecule has 0 spiro atoms. The van der Waals surface area contributed by atoms with Crippen LogP contribution in [0.3, 0.4) is 0 Å². The molecule has 30 heavy (non-hydrogen) atoms. The van der Waals surface area contributed by atoms with E-state index in [4.69, 9.17) is 13.9 Å². The summed E-state index contributed by atoms with van der Waals surface area (Å²) in [4.78, 5) is 24.1. The number of nitrogens with one attached hydrogen (secondary N) is 1. The zero-order valence-electron chi connectivity index (χ0n) is 17.1. The number of rotatable bonds is 9. The van der Waals surface area contributed by atoms with Gasteiger partial charge >= 0.3 is 5.97 Å². The van der Waals surface area contributed by atoms with Crippen molar-refractivity contribution in [3.8, 4) is 5.75 Å². The number of esters is 1. The summed E-state index contributed by atoms with van der Waals surface area (Å²) >= 11 is 0. The lowest BCUT2D eigenvalue weighted by atomic mass is 10.2. The molecule has 0 aliphatic carbocycles. The van der Waals surface area contributed by atoms with Crippen molar-refractivity contribution in [3.05, 3.63) is 53.8 Å². The number of hydrogen-bond acceptors (Lipinski definition) is 7. The second-order valence-corrected chi connectivity index (χ2v) is 8.54. The summed E-state index contributed by atoms with van der Waals surface area (Å²) in [6.45, 7) is 1.22. The van der Waals surface area contributed by atoms with Crippen molar-refractivity contribution in [2.24, 2.45) is 0 Å². The summed E-state index contributed by atoms with van der Waals surface area (Å²) in [5, 5.41) is 2.25. The predicted octanol–water partition coefficient (Wildman–Crippen LogP) is 1.80. The van der Waals surface area contributed by atoms with E-state index in [-0.39, 0.29) is 17.5 Å². The average molecular weight is 436 g/mol. The second kappa shape index (κ2) is 10.1. The summed E-state index contributed by atoms with van der Waals surface area (Å²) < 4.78 is 40.3. The van der Waals surface area contributed by atoms with E-state index in [1.54, 1.807) is 37.5 Å². The van der Waals surface area contributed by atoms with Gasteiger partial charge in [-0.15, -0.1) is 0 Å². The third-order valence-corrected chi connectivity index (χ3v) is 5.67. The molecule has 0 radical (unpaired) electrons. The molecule has 0 aliphatic heterocycles. The van der Waals surface area contributed by atoms with E-state index in [1.165, 1.54) is 39.2 Å². The third-order valence-electron chi connectivity index (χ3n) is 3.98. The van der Waals surface area contributed by atoms with Crippen LogP contribution in [0.15, 0.2) is 52.0 Å². The molecule has 1 atom stereocenters. The molecule has 1 aromatic carbocycles. The molecule has 1 amide bonds. The number of carbonyl (C=O) groups is 2. The van der Waals surface area contributed by atoms with Crippen molar-refractivity contribution >= 4 is 28.0 Å². The molecule has 0 saturated heterocycles. The number of nitrogens with zero attached hydrogens (tertiary/aromatic N) is 1. The number of sulfonamides is 1. The second-order valence-electron chi connectivity index (χ2n) is 6.45. The van der Waals surface area contributed by atoms with Crippen LogP contribution in [-0.4, -0.2) is 51.8 Å². The minimum absolute atomic E-state index is 0.168. The molecule has 0 bridgehead atoms. The molecule has 162 valence electrons. The molecule has 0 unspecified atom stereocenters. The Kier molecular flexibility index (Phi) is 7.79. The van der Waals surface area contributed by atoms with E-state index in [0.717, 1.165) is 9.87 Å². The molecule has 1 N–H and O–H groups in total. The van der Waals surface area contributed by atoms with Gasteiger partial charge in [0.2, 0.25) is 11.0 Å². The van der Waals surface area contributed by atoms with Crippen LogP contribution in [0.4, 0.5) is 0 Å². The van der Waals surface area contributed by atoms with Crippen LogP contribution in [0, 0.1) is 0 Å². The Morgan fingerprint density at radius 1 is 1.17 bits per heavy atom. The van der Waals surface area contributed by atoms with E-state index in [0.29, 0.717) is 5.75 Å². The van der Waals surface area contributed by atoms with Crippen LogP contribution in [0.1, 0.15) is 18.2 Å². The highest BCUT2D eigenvalue weighted by Gasteiger charge is 2.22. The molecule has 9 nitrogen and oxygen atoms in total. The highest BCUT2D eigenvalue weighted by Crippen LogP contribution is 2.17. The van der Waals surface area contributed by atoms with Gasteiger partial charge in [-0.05, 0) is 42.8 Å². The molecular weight excluding hydrogens is 412 g/mol. The standard InChI is InChI=1S/C20H24N2O7S/c1-14(21-18(23)11-7-15-5-8-16(27-4)9-6-15)20(24)28-13-17-10-12-19(29-17)30(25,26)22(2)3/h5-12,14H,13H2,1-4H3,(H,21,23)/b11-7+/t14-/m0/s1. The lowest BCUT2D eigenvalue weighted by Crippen LogP contribution is -2.38. The fraction of sp³-hybridized carbons (Fsp3) is 0.300. The number of hydrogen-bond donors (Lipinski definition) is 1. The van der Waals surface area contributed by atoms with Gasteiger partial charge in [0.25, 0.3) is 10.0 Å². The Labute approximate surface area is 175 Å². The number of ether oxygens (including phenoxy) is 2. The largest absolute Gasteiger partial charge is 0.497 e. The third kappa shape index (κ3) is 6.19. The van der Waals surface area contributed by atoms with E-state index in [2.05, 4.69) is 5.32 Å². The molecule has 0 fully saturated rings. The van der Waals surface area contributed by atoms with Crippen molar-refractivity contribution in [1.82, 2.24) is 9.62 Å². The van der Waals surface area contributed by atoms with Gasteiger partial charge in [-0.1, -0.05) is 12.1 Å². The van der Waals surface area contributed by atoms with Crippen molar-refractivity contribution < 1.29 is 31.9 Å². The molecule has 1 heterocycles. The monoisotopic (exact) mass is 436 g/mol. The van der Waals surface area contributed by atoms with Crippen LogP contribution in [0.25, 0.3) is 6.08 Å². The fourth-order valence-electron chi connectivity index (χ4n) is 2.23. The highest BCUT2D eigenvalue weighted by molar-refractivity contribution is 7.88. The molecule has 0 aliphatic rings. The van der Waals surface area contributed by atoms with Gasteiger partial charge in [0.1, 0.15) is 24.2 Å². The number of benzene rings is 1. The average Bonchev–Trinajstić information content (AvgIpc) is 3.20. The topological polar surface area (TPSA) is 115 Å². The van der Waals surface area contributed by atoms with E-state index >= 15 is 0 Å². The maximum atomic E-state index is 12.1. The summed E-state index contributed by atoms with van der Waals surface area (Å²) in [5.74, 6) is -0.278. The lowest BCUT2D eigenvalue weighted by molar-refractivity contribution is -0.148. The zero-order chi connectivity index (χ0) is 22.3. The fourth-order valence-corrected chi connectivity index (χ4v) is 3.04. The van der Waals surface area contributed by atoms with Crippen molar-refractivity contribution in [2.45, 2.75) is 24.7 Å². The molecule has 10 heteroatoms. The van der Waals surface area contributed by atoms with Crippen LogP contribution >= 0.6 is 0 Å². The number of furan rings is 1. The van der Waals surface area contributed by atoms with Gasteiger partial charge in [0, 0.05) is 20.2 Å².